The van der Waals surface area contributed by atoms with E-state index in [1.165, 1.54) is 0 Å². The highest BCUT2D eigenvalue weighted by atomic mass is 35.5. The van der Waals surface area contributed by atoms with Crippen molar-refractivity contribution < 1.29 is 19.0 Å². The molecule has 1 aliphatic rings. The molecular weight excluding hydrogens is 506 g/mol. The number of hydrogen-bond donors (Lipinski definition) is 2. The number of hydrogen-bond acceptors (Lipinski definition) is 7. The van der Waals surface area contributed by atoms with Gasteiger partial charge >= 0.3 is 0 Å². The van der Waals surface area contributed by atoms with E-state index in [9.17, 15) is 4.79 Å². The summed E-state index contributed by atoms with van der Waals surface area (Å²) < 4.78 is 18.3. The molecule has 0 bridgehead atoms. The van der Waals surface area contributed by atoms with Gasteiger partial charge in [-0.05, 0) is 49.4 Å². The number of rotatable bonds is 7. The van der Waals surface area contributed by atoms with E-state index in [4.69, 9.17) is 35.9 Å². The van der Waals surface area contributed by atoms with Crippen LogP contribution in [0.4, 0.5) is 11.6 Å². The summed E-state index contributed by atoms with van der Waals surface area (Å²) in [6.45, 7) is 1.82. The van der Waals surface area contributed by atoms with E-state index in [1.807, 2.05) is 43.3 Å². The number of nitrogens with zero attached hydrogens (tertiary/aromatic N) is 3. The number of carbonyl (C=O) groups excluding carboxylic acids is 1. The lowest BCUT2D eigenvalue weighted by molar-refractivity contribution is -0.113. The molecule has 2 N–H and O–H groups in total. The normalized spacial score (nSPS) is 14.4. The number of allylic oxidation sites excluding steroid dienone is 1. The summed E-state index contributed by atoms with van der Waals surface area (Å²) in [5.41, 5.74) is 2.92. The minimum Gasteiger partial charge on any atom is -0.497 e. The second kappa shape index (κ2) is 10.5. The Bertz CT molecular complexity index is 1550. The zero-order valence-corrected chi connectivity index (χ0v) is 22.0. The quantitative estimate of drug-likeness (QED) is 0.322. The van der Waals surface area contributed by atoms with Gasteiger partial charge in [-0.25, -0.2) is 4.68 Å². The van der Waals surface area contributed by atoms with Gasteiger partial charge < -0.3 is 24.8 Å². The maximum absolute atomic E-state index is 13.9. The summed E-state index contributed by atoms with van der Waals surface area (Å²) in [4.78, 5) is 18.6. The molecule has 0 aliphatic carbocycles. The summed E-state index contributed by atoms with van der Waals surface area (Å²) in [7, 11) is 4.72. The van der Waals surface area contributed by atoms with Crippen LogP contribution in [0.1, 0.15) is 18.5 Å². The van der Waals surface area contributed by atoms with Gasteiger partial charge in [0.25, 0.3) is 5.91 Å². The van der Waals surface area contributed by atoms with E-state index in [0.29, 0.717) is 62.1 Å². The molecule has 0 saturated carbocycles. The highest BCUT2D eigenvalue weighted by molar-refractivity contribution is 6.33. The molecular formula is C28H26ClN5O4. The average Bonchev–Trinajstić information content (AvgIpc) is 3.35. The molecule has 194 valence electrons. The average molecular weight is 532 g/mol. The Kier molecular flexibility index (Phi) is 6.93. The lowest BCUT2D eigenvalue weighted by atomic mass is 9.94. The topological polar surface area (TPSA) is 99.5 Å². The zero-order chi connectivity index (χ0) is 26.8. The first-order chi connectivity index (χ1) is 18.4. The zero-order valence-electron chi connectivity index (χ0n) is 21.3. The first-order valence-corrected chi connectivity index (χ1v) is 12.2. The van der Waals surface area contributed by atoms with Gasteiger partial charge in [-0.2, -0.15) is 4.98 Å². The van der Waals surface area contributed by atoms with E-state index in [0.717, 1.165) is 0 Å². The third kappa shape index (κ3) is 4.52. The second-order valence-electron chi connectivity index (χ2n) is 8.51. The Balaban J connectivity index is 1.68. The predicted molar refractivity (Wildman–Crippen MR) is 146 cm³/mol. The summed E-state index contributed by atoms with van der Waals surface area (Å²) >= 11 is 6.46. The van der Waals surface area contributed by atoms with Crippen LogP contribution in [-0.2, 0) is 4.79 Å². The van der Waals surface area contributed by atoms with Gasteiger partial charge in [-0.1, -0.05) is 35.9 Å². The minimum atomic E-state index is -0.699. The lowest BCUT2D eigenvalue weighted by Crippen LogP contribution is -2.31. The molecule has 0 spiro atoms. The summed E-state index contributed by atoms with van der Waals surface area (Å²) in [6.07, 6.45) is 0. The third-order valence-corrected chi connectivity index (χ3v) is 6.63. The summed E-state index contributed by atoms with van der Waals surface area (Å²) in [5.74, 6) is 2.25. The molecule has 1 atom stereocenters. The number of carbonyl (C=O) groups is 1. The molecule has 0 saturated heterocycles. The van der Waals surface area contributed by atoms with Crippen molar-refractivity contribution in [1.29, 1.82) is 0 Å². The Hall–Kier alpha value is -4.50. The smallest absolute Gasteiger partial charge is 0.255 e. The number of anilines is 2. The van der Waals surface area contributed by atoms with E-state index < -0.39 is 6.04 Å². The molecule has 3 aromatic carbocycles. The van der Waals surface area contributed by atoms with Crippen LogP contribution in [0.2, 0.25) is 5.02 Å². The monoisotopic (exact) mass is 531 g/mol. The van der Waals surface area contributed by atoms with Crippen LogP contribution in [-0.4, -0.2) is 42.0 Å². The van der Waals surface area contributed by atoms with E-state index in [1.54, 1.807) is 56.3 Å². The molecule has 2 heterocycles. The first-order valence-electron chi connectivity index (χ1n) is 11.8. The highest BCUT2D eigenvalue weighted by Crippen LogP contribution is 2.42. The molecule has 1 aromatic heterocycles. The number of amides is 1. The van der Waals surface area contributed by atoms with Crippen molar-refractivity contribution in [2.75, 3.05) is 32.0 Å². The largest absolute Gasteiger partial charge is 0.497 e. The van der Waals surface area contributed by atoms with Crippen molar-refractivity contribution in [1.82, 2.24) is 14.8 Å². The minimum absolute atomic E-state index is 0.338. The van der Waals surface area contributed by atoms with Crippen LogP contribution in [0.3, 0.4) is 0 Å². The van der Waals surface area contributed by atoms with Gasteiger partial charge in [0.1, 0.15) is 23.3 Å². The molecule has 10 heteroatoms. The molecule has 0 radical (unpaired) electrons. The van der Waals surface area contributed by atoms with Gasteiger partial charge in [0.05, 0.1) is 37.6 Å². The molecule has 1 unspecified atom stereocenters. The molecule has 5 rings (SSSR count). The van der Waals surface area contributed by atoms with Crippen LogP contribution in [0.15, 0.2) is 78.0 Å². The maximum Gasteiger partial charge on any atom is 0.255 e. The van der Waals surface area contributed by atoms with Gasteiger partial charge in [0, 0.05) is 16.8 Å². The number of nitrogens with one attached hydrogen (secondary N) is 2. The second-order valence-corrected chi connectivity index (χ2v) is 8.92. The highest BCUT2D eigenvalue weighted by Gasteiger charge is 2.36. The molecule has 4 aromatic rings. The Labute approximate surface area is 225 Å². The Morgan fingerprint density at radius 2 is 1.71 bits per heavy atom. The number of aromatic nitrogens is 3. The number of benzene rings is 3. The fraction of sp³-hybridized carbons (Fsp3) is 0.179. The fourth-order valence-electron chi connectivity index (χ4n) is 4.48. The number of ether oxygens (including phenoxy) is 3. The Morgan fingerprint density at radius 3 is 2.45 bits per heavy atom. The van der Waals surface area contributed by atoms with E-state index >= 15 is 0 Å². The molecule has 1 amide bonds. The summed E-state index contributed by atoms with van der Waals surface area (Å²) in [5, 5.41) is 11.6. The van der Waals surface area contributed by atoms with Gasteiger partial charge in [0.2, 0.25) is 5.95 Å². The van der Waals surface area contributed by atoms with E-state index in [2.05, 4.69) is 10.6 Å². The number of para-hydroxylation sites is 2. The first kappa shape index (κ1) is 25.2. The third-order valence-electron chi connectivity index (χ3n) is 6.30. The van der Waals surface area contributed by atoms with Crippen molar-refractivity contribution in [3.8, 4) is 28.6 Å². The fourth-order valence-corrected chi connectivity index (χ4v) is 4.70. The van der Waals surface area contributed by atoms with Crippen LogP contribution >= 0.6 is 11.6 Å². The van der Waals surface area contributed by atoms with Crippen LogP contribution in [0.5, 0.6) is 17.2 Å². The Morgan fingerprint density at radius 1 is 0.974 bits per heavy atom. The van der Waals surface area contributed by atoms with Crippen molar-refractivity contribution in [2.45, 2.75) is 13.0 Å². The number of halogens is 1. The lowest BCUT2D eigenvalue weighted by Gasteiger charge is -2.29. The maximum atomic E-state index is 13.9. The SMILES string of the molecule is COc1ccc(OC)c(C2C(C(=O)Nc3ccccc3OC)=C(C)Nc3nc(-c4ccccc4Cl)nn32)c1. The molecule has 1 aliphatic heterocycles. The standard InChI is InChI=1S/C28H26ClN5O4/c1-16-24(27(35)31-21-11-7-8-12-23(21)38-4)25(19-15-17(36-2)13-14-22(19)37-3)34-28(30-16)32-26(33-34)18-9-5-6-10-20(18)29/h5-15,25H,1-4H3,(H,31,35)(H,30,32,33). The van der Waals surface area contributed by atoms with Gasteiger partial charge in [-0.3, -0.25) is 4.79 Å². The number of methoxy groups -OCH3 is 3. The van der Waals surface area contributed by atoms with Crippen molar-refractivity contribution in [3.63, 3.8) is 0 Å². The van der Waals surface area contributed by atoms with Gasteiger partial charge in [0.15, 0.2) is 5.82 Å². The van der Waals surface area contributed by atoms with Gasteiger partial charge in [-0.15, -0.1) is 5.10 Å². The predicted octanol–water partition coefficient (Wildman–Crippen LogP) is 5.55. The molecule has 38 heavy (non-hydrogen) atoms. The number of fused-ring (bicyclic) bond motifs is 1. The summed E-state index contributed by atoms with van der Waals surface area (Å²) in [6, 6.07) is 19.3. The van der Waals surface area contributed by atoms with Crippen molar-refractivity contribution >= 4 is 29.1 Å². The molecule has 9 nitrogen and oxygen atoms in total. The molecule has 0 fully saturated rings. The van der Waals surface area contributed by atoms with Crippen molar-refractivity contribution in [2.24, 2.45) is 0 Å². The van der Waals surface area contributed by atoms with Crippen LogP contribution in [0, 0.1) is 0 Å². The van der Waals surface area contributed by atoms with E-state index in [-0.39, 0.29) is 5.91 Å². The van der Waals surface area contributed by atoms with Crippen molar-refractivity contribution in [3.05, 3.63) is 88.6 Å². The van der Waals surface area contributed by atoms with Crippen LogP contribution in [0.25, 0.3) is 11.4 Å². The van der Waals surface area contributed by atoms with Crippen LogP contribution < -0.4 is 24.8 Å².